The van der Waals surface area contributed by atoms with Gasteiger partial charge in [0.25, 0.3) is 0 Å². The summed E-state index contributed by atoms with van der Waals surface area (Å²) in [6.07, 6.45) is 3.16. The fourth-order valence-electron chi connectivity index (χ4n) is 3.70. The van der Waals surface area contributed by atoms with Crippen LogP contribution in [-0.2, 0) is 0 Å². The van der Waals surface area contributed by atoms with Crippen molar-refractivity contribution >= 4 is 18.1 Å². The Balaban J connectivity index is 0.00000205. The SMILES string of the molecule is Cl.N[C@@H]1CC[C@H](c2nc(-c3ccccc3)nn2-c2ccc3nncn3n2)C[C@H]1O. The summed E-state index contributed by atoms with van der Waals surface area (Å²) in [6.45, 7) is 0. The van der Waals surface area contributed by atoms with Gasteiger partial charge in [-0.15, -0.1) is 32.8 Å². The molecule has 1 aliphatic rings. The van der Waals surface area contributed by atoms with Crippen LogP contribution in [0, 0.1) is 0 Å². The van der Waals surface area contributed by atoms with Crippen LogP contribution in [0.3, 0.4) is 0 Å². The molecule has 1 aliphatic carbocycles. The Kier molecular flexibility index (Phi) is 5.27. The number of halogens is 1. The maximum absolute atomic E-state index is 10.3. The minimum Gasteiger partial charge on any atom is -0.391 e. The maximum Gasteiger partial charge on any atom is 0.181 e. The Bertz CT molecular complexity index is 1110. The third-order valence-electron chi connectivity index (χ3n) is 5.26. The van der Waals surface area contributed by atoms with Crippen molar-refractivity contribution in [3.05, 3.63) is 54.6 Å². The van der Waals surface area contributed by atoms with E-state index in [9.17, 15) is 5.11 Å². The molecule has 1 fully saturated rings. The number of aliphatic hydroxyl groups excluding tert-OH is 1. The van der Waals surface area contributed by atoms with Crippen LogP contribution in [0.2, 0.25) is 0 Å². The highest BCUT2D eigenvalue weighted by Crippen LogP contribution is 2.33. The fourth-order valence-corrected chi connectivity index (χ4v) is 3.70. The smallest absolute Gasteiger partial charge is 0.181 e. The fraction of sp³-hybridized carbons (Fsp3) is 0.316. The van der Waals surface area contributed by atoms with Crippen molar-refractivity contribution in [2.45, 2.75) is 37.3 Å². The molecule has 1 aromatic carbocycles. The second-order valence-corrected chi connectivity index (χ2v) is 7.14. The van der Waals surface area contributed by atoms with Gasteiger partial charge < -0.3 is 10.8 Å². The van der Waals surface area contributed by atoms with Gasteiger partial charge in [-0.05, 0) is 31.4 Å². The van der Waals surface area contributed by atoms with Gasteiger partial charge >= 0.3 is 0 Å². The lowest BCUT2D eigenvalue weighted by Gasteiger charge is -2.30. The normalized spacial score (nSPS) is 21.8. The van der Waals surface area contributed by atoms with Crippen molar-refractivity contribution in [2.24, 2.45) is 5.73 Å². The van der Waals surface area contributed by atoms with Crippen LogP contribution >= 0.6 is 12.4 Å². The van der Waals surface area contributed by atoms with Gasteiger partial charge in [-0.25, -0.2) is 4.98 Å². The molecule has 150 valence electrons. The number of benzene rings is 1. The van der Waals surface area contributed by atoms with Crippen LogP contribution < -0.4 is 5.73 Å². The van der Waals surface area contributed by atoms with Gasteiger partial charge in [0.15, 0.2) is 17.3 Å². The van der Waals surface area contributed by atoms with E-state index in [4.69, 9.17) is 15.8 Å². The molecule has 0 aliphatic heterocycles. The minimum atomic E-state index is -0.544. The van der Waals surface area contributed by atoms with Crippen molar-refractivity contribution in [1.29, 1.82) is 0 Å². The summed E-state index contributed by atoms with van der Waals surface area (Å²) in [5.74, 6) is 2.09. The number of nitrogens with two attached hydrogens (primary N) is 1. The van der Waals surface area contributed by atoms with Crippen molar-refractivity contribution in [2.75, 3.05) is 0 Å². The predicted octanol–water partition coefficient (Wildman–Crippen LogP) is 1.75. The second-order valence-electron chi connectivity index (χ2n) is 7.14. The van der Waals surface area contributed by atoms with Crippen molar-refractivity contribution in [3.8, 4) is 17.2 Å². The molecular formula is C19H21ClN8O. The molecule has 0 unspecified atom stereocenters. The molecular weight excluding hydrogens is 392 g/mol. The number of hydrogen-bond donors (Lipinski definition) is 2. The number of nitrogens with zero attached hydrogens (tertiary/aromatic N) is 7. The quantitative estimate of drug-likeness (QED) is 0.525. The monoisotopic (exact) mass is 412 g/mol. The largest absolute Gasteiger partial charge is 0.391 e. The molecule has 4 aromatic rings. The molecule has 0 bridgehead atoms. The van der Waals surface area contributed by atoms with Gasteiger partial charge in [-0.3, -0.25) is 0 Å². The number of rotatable bonds is 3. The van der Waals surface area contributed by atoms with Crippen molar-refractivity contribution in [1.82, 2.24) is 34.6 Å². The first-order chi connectivity index (χ1) is 13.7. The summed E-state index contributed by atoms with van der Waals surface area (Å²) in [6, 6.07) is 13.3. The standard InChI is InChI=1S/C19H20N8O.ClH/c20-14-7-6-13(10-15(14)28)19-22-18(12-4-2-1-3-5-12)25-27(19)17-9-8-16-23-21-11-26(16)24-17;/h1-5,8-9,11,13-15,28H,6-7,10,20H2;1H/t13-,14+,15+;/m0./s1. The molecule has 29 heavy (non-hydrogen) atoms. The highest BCUT2D eigenvalue weighted by Gasteiger charge is 2.31. The van der Waals surface area contributed by atoms with E-state index in [1.54, 1.807) is 15.5 Å². The summed E-state index contributed by atoms with van der Waals surface area (Å²) < 4.78 is 3.37. The first-order valence-corrected chi connectivity index (χ1v) is 9.32. The van der Waals surface area contributed by atoms with Gasteiger partial charge in [0, 0.05) is 17.5 Å². The van der Waals surface area contributed by atoms with Gasteiger partial charge in [-0.2, -0.15) is 9.20 Å². The minimum absolute atomic E-state index is 0. The number of aromatic nitrogens is 7. The Hall–Kier alpha value is -2.88. The zero-order chi connectivity index (χ0) is 19.1. The molecule has 3 atom stereocenters. The molecule has 3 heterocycles. The molecule has 5 rings (SSSR count). The zero-order valence-corrected chi connectivity index (χ0v) is 16.4. The molecule has 0 radical (unpaired) electrons. The Labute approximate surface area is 173 Å². The van der Waals surface area contributed by atoms with E-state index < -0.39 is 6.10 Å². The topological polar surface area (TPSA) is 120 Å². The summed E-state index contributed by atoms with van der Waals surface area (Å²) in [5.41, 5.74) is 7.58. The average Bonchev–Trinajstić information content (AvgIpc) is 3.37. The van der Waals surface area contributed by atoms with E-state index in [1.807, 2.05) is 42.5 Å². The Morgan fingerprint density at radius 3 is 2.66 bits per heavy atom. The zero-order valence-electron chi connectivity index (χ0n) is 15.5. The van der Waals surface area contributed by atoms with Crippen LogP contribution in [0.1, 0.15) is 31.0 Å². The molecule has 3 aromatic heterocycles. The van der Waals surface area contributed by atoms with E-state index in [2.05, 4.69) is 15.3 Å². The van der Waals surface area contributed by atoms with E-state index in [0.29, 0.717) is 23.7 Å². The van der Waals surface area contributed by atoms with Gasteiger partial charge in [-0.1, -0.05) is 30.3 Å². The van der Waals surface area contributed by atoms with E-state index >= 15 is 0 Å². The lowest BCUT2D eigenvalue weighted by Crippen LogP contribution is -2.40. The predicted molar refractivity (Wildman–Crippen MR) is 109 cm³/mol. The van der Waals surface area contributed by atoms with E-state index in [1.165, 1.54) is 0 Å². The third-order valence-corrected chi connectivity index (χ3v) is 5.26. The highest BCUT2D eigenvalue weighted by molar-refractivity contribution is 5.85. The van der Waals surface area contributed by atoms with Crippen LogP contribution in [0.5, 0.6) is 0 Å². The van der Waals surface area contributed by atoms with Gasteiger partial charge in [0.05, 0.1) is 6.10 Å². The molecule has 0 amide bonds. The van der Waals surface area contributed by atoms with Gasteiger partial charge in [0.1, 0.15) is 12.2 Å². The summed E-state index contributed by atoms with van der Waals surface area (Å²) >= 11 is 0. The summed E-state index contributed by atoms with van der Waals surface area (Å²) in [7, 11) is 0. The van der Waals surface area contributed by atoms with Crippen LogP contribution in [0.25, 0.3) is 22.9 Å². The average molecular weight is 413 g/mol. The first kappa shape index (κ1) is 19.4. The Morgan fingerprint density at radius 2 is 1.86 bits per heavy atom. The number of aliphatic hydroxyl groups is 1. The Morgan fingerprint density at radius 1 is 1.03 bits per heavy atom. The van der Waals surface area contributed by atoms with Crippen LogP contribution in [-0.4, -0.2) is 51.8 Å². The molecule has 1 saturated carbocycles. The third kappa shape index (κ3) is 3.59. The van der Waals surface area contributed by atoms with Crippen molar-refractivity contribution < 1.29 is 5.11 Å². The molecule has 10 heteroatoms. The van der Waals surface area contributed by atoms with Crippen LogP contribution in [0.4, 0.5) is 0 Å². The first-order valence-electron chi connectivity index (χ1n) is 9.32. The van der Waals surface area contributed by atoms with E-state index in [0.717, 1.165) is 24.2 Å². The molecule has 0 saturated heterocycles. The molecule has 3 N–H and O–H groups in total. The van der Waals surface area contributed by atoms with Gasteiger partial charge in [0.2, 0.25) is 0 Å². The number of hydrogen-bond acceptors (Lipinski definition) is 7. The summed E-state index contributed by atoms with van der Waals surface area (Å²) in [4.78, 5) is 4.83. The summed E-state index contributed by atoms with van der Waals surface area (Å²) in [5, 5.41) is 27.5. The maximum atomic E-state index is 10.3. The highest BCUT2D eigenvalue weighted by atomic mass is 35.5. The van der Waals surface area contributed by atoms with Crippen LogP contribution in [0.15, 0.2) is 48.8 Å². The molecule has 9 nitrogen and oxygen atoms in total. The second kappa shape index (κ2) is 7.86. The van der Waals surface area contributed by atoms with E-state index in [-0.39, 0.29) is 24.4 Å². The number of fused-ring (bicyclic) bond motifs is 1. The lowest BCUT2D eigenvalue weighted by atomic mass is 9.84. The van der Waals surface area contributed by atoms with Crippen molar-refractivity contribution in [3.63, 3.8) is 0 Å². The molecule has 0 spiro atoms. The lowest BCUT2D eigenvalue weighted by molar-refractivity contribution is 0.0961.